The van der Waals surface area contributed by atoms with E-state index in [2.05, 4.69) is 4.98 Å². The topological polar surface area (TPSA) is 50.2 Å². The summed E-state index contributed by atoms with van der Waals surface area (Å²) in [5.41, 5.74) is 0. The standard InChI is InChI=1S/C5H5N.CH2O2.Cr/c1-2-4-6-5-3-1;2-1-3;/h1-5H;1H,(H,2,3);. The molecule has 1 heterocycles. The molecule has 0 aliphatic carbocycles. The molecule has 0 aliphatic rings. The third-order valence-electron chi connectivity index (χ3n) is 0.566. The fourth-order valence-corrected chi connectivity index (χ4v) is 0.313. The van der Waals surface area contributed by atoms with Gasteiger partial charge in [0, 0.05) is 29.8 Å². The number of rotatable bonds is 0. The molecule has 0 aliphatic heterocycles. The van der Waals surface area contributed by atoms with Gasteiger partial charge in [0.15, 0.2) is 0 Å². The predicted octanol–water partition coefficient (Wildman–Crippen LogP) is 0.780. The van der Waals surface area contributed by atoms with Crippen LogP contribution in [0, 0.1) is 0 Å². The fourth-order valence-electron chi connectivity index (χ4n) is 0.313. The molecule has 1 aromatic rings. The first-order valence-corrected chi connectivity index (χ1v) is 2.34. The molecular formula is C6H7CrNO2. The summed E-state index contributed by atoms with van der Waals surface area (Å²) in [5.74, 6) is 0. The van der Waals surface area contributed by atoms with E-state index in [1.54, 1.807) is 12.4 Å². The van der Waals surface area contributed by atoms with Gasteiger partial charge in [-0.1, -0.05) is 6.07 Å². The molecule has 1 rings (SSSR count). The van der Waals surface area contributed by atoms with Crippen molar-refractivity contribution in [3.05, 3.63) is 30.6 Å². The van der Waals surface area contributed by atoms with Crippen molar-refractivity contribution in [3.8, 4) is 0 Å². The summed E-state index contributed by atoms with van der Waals surface area (Å²) in [6.07, 6.45) is 3.50. The molecule has 54 valence electrons. The van der Waals surface area contributed by atoms with E-state index in [0.717, 1.165) is 0 Å². The Morgan fingerprint density at radius 1 is 1.20 bits per heavy atom. The first kappa shape index (κ1) is 11.9. The van der Waals surface area contributed by atoms with Gasteiger partial charge in [0.2, 0.25) is 0 Å². The van der Waals surface area contributed by atoms with Gasteiger partial charge in [-0.25, -0.2) is 0 Å². The minimum Gasteiger partial charge on any atom is -0.483 e. The van der Waals surface area contributed by atoms with Gasteiger partial charge in [-0.2, -0.15) is 0 Å². The number of pyridine rings is 1. The van der Waals surface area contributed by atoms with Gasteiger partial charge in [0.25, 0.3) is 6.47 Å². The van der Waals surface area contributed by atoms with Crippen molar-refractivity contribution >= 4 is 6.47 Å². The Morgan fingerprint density at radius 3 is 1.70 bits per heavy atom. The van der Waals surface area contributed by atoms with E-state index in [4.69, 9.17) is 9.90 Å². The van der Waals surface area contributed by atoms with E-state index in [-0.39, 0.29) is 23.8 Å². The minimum atomic E-state index is -0.250. The zero-order valence-electron chi connectivity index (χ0n) is 5.18. The van der Waals surface area contributed by atoms with Gasteiger partial charge in [0.1, 0.15) is 0 Å². The molecule has 0 spiro atoms. The Labute approximate surface area is 69.9 Å². The van der Waals surface area contributed by atoms with Gasteiger partial charge < -0.3 is 5.11 Å². The largest absolute Gasteiger partial charge is 0.483 e. The first-order valence-electron chi connectivity index (χ1n) is 2.34. The molecule has 4 heteroatoms. The summed E-state index contributed by atoms with van der Waals surface area (Å²) < 4.78 is 0. The summed E-state index contributed by atoms with van der Waals surface area (Å²) >= 11 is 0. The zero-order valence-corrected chi connectivity index (χ0v) is 6.45. The number of hydrogen-bond acceptors (Lipinski definition) is 2. The summed E-state index contributed by atoms with van der Waals surface area (Å²) in [7, 11) is 0. The smallest absolute Gasteiger partial charge is 0.290 e. The van der Waals surface area contributed by atoms with Crippen LogP contribution >= 0.6 is 0 Å². The number of hydrogen-bond donors (Lipinski definition) is 1. The van der Waals surface area contributed by atoms with Crippen molar-refractivity contribution in [2.75, 3.05) is 0 Å². The first-order chi connectivity index (χ1) is 4.41. The second kappa shape index (κ2) is 11.0. The average Bonchev–Trinajstić information content (AvgIpc) is 1.93. The summed E-state index contributed by atoms with van der Waals surface area (Å²) in [4.78, 5) is 12.1. The number of nitrogens with zero attached hydrogens (tertiary/aromatic N) is 1. The molecule has 0 fully saturated rings. The normalized spacial score (nSPS) is 6.00. The summed E-state index contributed by atoms with van der Waals surface area (Å²) in [6, 6.07) is 5.72. The van der Waals surface area contributed by atoms with Crippen LogP contribution in [0.2, 0.25) is 0 Å². The maximum atomic E-state index is 8.36. The molecule has 0 aromatic carbocycles. The van der Waals surface area contributed by atoms with E-state index in [1.807, 2.05) is 18.2 Å². The Hall–Kier alpha value is -0.848. The molecule has 0 amide bonds. The molecule has 0 bridgehead atoms. The van der Waals surface area contributed by atoms with Crippen molar-refractivity contribution < 1.29 is 27.3 Å². The number of aromatic nitrogens is 1. The number of carboxylic acid groups (broad SMARTS) is 1. The van der Waals surface area contributed by atoms with Crippen LogP contribution in [0.3, 0.4) is 0 Å². The van der Waals surface area contributed by atoms with Crippen molar-refractivity contribution in [1.29, 1.82) is 0 Å². The summed E-state index contributed by atoms with van der Waals surface area (Å²) in [5, 5.41) is 6.89. The molecule has 0 radical (unpaired) electrons. The van der Waals surface area contributed by atoms with Gasteiger partial charge in [0.05, 0.1) is 0 Å². The second-order valence-electron chi connectivity index (χ2n) is 1.13. The van der Waals surface area contributed by atoms with Gasteiger partial charge >= 0.3 is 0 Å². The molecule has 0 unspecified atom stereocenters. The van der Waals surface area contributed by atoms with Crippen LogP contribution in [0.1, 0.15) is 0 Å². The molecule has 3 nitrogen and oxygen atoms in total. The number of carbonyl (C=O) groups is 1. The van der Waals surface area contributed by atoms with E-state index >= 15 is 0 Å². The van der Waals surface area contributed by atoms with Gasteiger partial charge in [-0.3, -0.25) is 9.78 Å². The quantitative estimate of drug-likeness (QED) is 0.596. The maximum absolute atomic E-state index is 8.36. The summed E-state index contributed by atoms with van der Waals surface area (Å²) in [6.45, 7) is -0.250. The van der Waals surface area contributed by atoms with E-state index < -0.39 is 0 Å². The maximum Gasteiger partial charge on any atom is 0.290 e. The Kier molecular flexibility index (Phi) is 13.1. The van der Waals surface area contributed by atoms with E-state index in [1.165, 1.54) is 0 Å². The van der Waals surface area contributed by atoms with Crippen LogP contribution in [0.25, 0.3) is 0 Å². The molecule has 1 N–H and O–H groups in total. The van der Waals surface area contributed by atoms with Crippen LogP contribution in [-0.4, -0.2) is 16.6 Å². The Balaban J connectivity index is 0. The fraction of sp³-hybridized carbons (Fsp3) is 0. The van der Waals surface area contributed by atoms with Crippen LogP contribution in [0.5, 0.6) is 0 Å². The minimum absolute atomic E-state index is 0. The van der Waals surface area contributed by atoms with Crippen molar-refractivity contribution in [2.24, 2.45) is 0 Å². The third kappa shape index (κ3) is 10.2. The molecular weight excluding hydrogens is 170 g/mol. The van der Waals surface area contributed by atoms with Crippen molar-refractivity contribution in [3.63, 3.8) is 0 Å². The average molecular weight is 177 g/mol. The van der Waals surface area contributed by atoms with Crippen LogP contribution < -0.4 is 0 Å². The van der Waals surface area contributed by atoms with Crippen molar-refractivity contribution in [1.82, 2.24) is 4.98 Å². The van der Waals surface area contributed by atoms with E-state index in [0.29, 0.717) is 0 Å². The second-order valence-corrected chi connectivity index (χ2v) is 1.13. The molecule has 0 saturated heterocycles. The predicted molar refractivity (Wildman–Crippen MR) is 32.9 cm³/mol. The SMILES string of the molecule is O=CO.[Cr].c1ccncc1. The van der Waals surface area contributed by atoms with Gasteiger partial charge in [-0.05, 0) is 12.1 Å². The van der Waals surface area contributed by atoms with Crippen LogP contribution in [0.4, 0.5) is 0 Å². The molecule has 10 heavy (non-hydrogen) atoms. The van der Waals surface area contributed by atoms with E-state index in [9.17, 15) is 0 Å². The Morgan fingerprint density at radius 2 is 1.60 bits per heavy atom. The van der Waals surface area contributed by atoms with Crippen LogP contribution in [-0.2, 0) is 22.2 Å². The molecule has 0 atom stereocenters. The van der Waals surface area contributed by atoms with Gasteiger partial charge in [-0.15, -0.1) is 0 Å². The molecule has 0 saturated carbocycles. The third-order valence-corrected chi connectivity index (χ3v) is 0.566. The monoisotopic (exact) mass is 177 g/mol. The van der Waals surface area contributed by atoms with Crippen molar-refractivity contribution in [2.45, 2.75) is 0 Å². The zero-order chi connectivity index (χ0) is 6.95. The molecule has 1 aromatic heterocycles. The van der Waals surface area contributed by atoms with Crippen LogP contribution in [0.15, 0.2) is 30.6 Å². The Bertz CT molecular complexity index is 119.